The molecule has 0 aromatic carbocycles. The van der Waals surface area contributed by atoms with Gasteiger partial charge in [-0.3, -0.25) is 43.5 Å². The third-order valence-electron chi connectivity index (χ3n) is 12.2. The normalized spacial score (nSPS) is 22.5. The van der Waals surface area contributed by atoms with Gasteiger partial charge >= 0.3 is 35.8 Å². The molecule has 392 valence electrons. The number of morpholine rings is 3. The zero-order valence-corrected chi connectivity index (χ0v) is 41.0. The van der Waals surface area contributed by atoms with E-state index in [-0.39, 0.29) is 79.6 Å². The summed E-state index contributed by atoms with van der Waals surface area (Å²) >= 11 is 0. The molecule has 5 rings (SSSR count). The number of carbonyl (C=O) groups is 6. The summed E-state index contributed by atoms with van der Waals surface area (Å²) in [5, 5.41) is 0. The van der Waals surface area contributed by atoms with Crippen LogP contribution in [0.5, 0.6) is 0 Å². The Morgan fingerprint density at radius 1 is 0.382 bits per heavy atom. The predicted octanol–water partition coefficient (Wildman–Crippen LogP) is 1.55. The standard InChI is InChI=1S/2C17H29NO6.C13H23NO6/c1-21-12-13-24-17(20)15-4-2-14(3-5-15)16(19)23-11-8-18-6-9-22-10-7-18;1-21-12-13-24-17(20)15-5-3-2-4-14(15)16(19)23-11-8-18-6-9-22-10-7-18;1-17-10-11-20-13(16)3-2-12(15)19-9-6-14-4-7-18-8-5-14/h2*14-15H,2-13H2,1H3;2-11H2,1H3. The van der Waals surface area contributed by atoms with Gasteiger partial charge in [0.15, 0.2) is 0 Å². The Balaban J connectivity index is 0.000000272. The van der Waals surface area contributed by atoms with Crippen LogP contribution in [0.25, 0.3) is 0 Å². The largest absolute Gasteiger partial charge is 0.464 e. The maximum atomic E-state index is 12.4. The SMILES string of the molecule is COCCOC(=O)C1CCC(C(=O)OCCN2CCOCC2)CC1.COCCOC(=O)C1CCCCC1C(=O)OCCN1CCOCC1.COCCOC(=O)CCC(=O)OCCN1CCOCC1. The van der Waals surface area contributed by atoms with Crippen molar-refractivity contribution >= 4 is 35.8 Å². The highest BCUT2D eigenvalue weighted by Gasteiger charge is 2.38. The molecule has 68 heavy (non-hydrogen) atoms. The molecule has 2 atom stereocenters. The van der Waals surface area contributed by atoms with E-state index in [1.807, 2.05) is 0 Å². The van der Waals surface area contributed by atoms with E-state index >= 15 is 0 Å². The van der Waals surface area contributed by atoms with Crippen LogP contribution in [-0.4, -0.2) is 230 Å². The lowest BCUT2D eigenvalue weighted by molar-refractivity contribution is -0.163. The van der Waals surface area contributed by atoms with Crippen molar-refractivity contribution in [2.45, 2.75) is 64.2 Å². The summed E-state index contributed by atoms with van der Waals surface area (Å²) in [6, 6.07) is 0. The highest BCUT2D eigenvalue weighted by molar-refractivity contribution is 5.82. The van der Waals surface area contributed by atoms with Gasteiger partial charge in [-0.25, -0.2) is 0 Å². The van der Waals surface area contributed by atoms with Crippen molar-refractivity contribution in [1.29, 1.82) is 0 Å². The molecule has 0 spiro atoms. The van der Waals surface area contributed by atoms with Crippen molar-refractivity contribution in [2.75, 3.05) is 179 Å². The van der Waals surface area contributed by atoms with E-state index in [9.17, 15) is 28.8 Å². The van der Waals surface area contributed by atoms with Crippen LogP contribution in [0.15, 0.2) is 0 Å². The summed E-state index contributed by atoms with van der Waals surface area (Å²) in [6.45, 7) is 14.8. The second kappa shape index (κ2) is 37.3. The van der Waals surface area contributed by atoms with Crippen molar-refractivity contribution in [3.05, 3.63) is 0 Å². The van der Waals surface area contributed by atoms with Gasteiger partial charge in [-0.2, -0.15) is 0 Å². The number of carbonyl (C=O) groups excluding carboxylic acids is 6. The molecule has 0 aromatic heterocycles. The lowest BCUT2D eigenvalue weighted by atomic mass is 9.79. The molecule has 21 nitrogen and oxygen atoms in total. The molecule has 0 radical (unpaired) electrons. The molecule has 2 unspecified atom stereocenters. The van der Waals surface area contributed by atoms with E-state index < -0.39 is 5.97 Å². The average Bonchev–Trinajstić information content (AvgIpc) is 3.37. The van der Waals surface area contributed by atoms with Gasteiger partial charge in [0, 0.05) is 80.2 Å². The van der Waals surface area contributed by atoms with Crippen LogP contribution < -0.4 is 0 Å². The van der Waals surface area contributed by atoms with Crippen molar-refractivity contribution in [1.82, 2.24) is 14.7 Å². The summed E-state index contributed by atoms with van der Waals surface area (Å²) in [4.78, 5) is 77.9. The molecular weight excluding hydrogens is 895 g/mol. The van der Waals surface area contributed by atoms with Gasteiger partial charge in [0.2, 0.25) is 0 Å². The fraction of sp³-hybridized carbons (Fsp3) is 0.872. The summed E-state index contributed by atoms with van der Waals surface area (Å²) in [5.74, 6) is -2.60. The number of esters is 6. The van der Waals surface area contributed by atoms with Crippen LogP contribution in [0.3, 0.4) is 0 Å². The van der Waals surface area contributed by atoms with Crippen molar-refractivity contribution in [2.24, 2.45) is 23.7 Å². The lowest BCUT2D eigenvalue weighted by Crippen LogP contribution is -2.40. The second-order valence-corrected chi connectivity index (χ2v) is 17.0. The van der Waals surface area contributed by atoms with Crippen LogP contribution in [0.4, 0.5) is 0 Å². The Bertz CT molecular complexity index is 1400. The summed E-state index contributed by atoms with van der Waals surface area (Å²) in [6.07, 6.45) is 6.14. The van der Waals surface area contributed by atoms with Crippen LogP contribution in [0, 0.1) is 23.7 Å². The Morgan fingerprint density at radius 2 is 0.676 bits per heavy atom. The first-order chi connectivity index (χ1) is 33.1. The number of nitrogens with zero attached hydrogens (tertiary/aromatic N) is 3. The minimum atomic E-state index is -0.410. The fourth-order valence-electron chi connectivity index (χ4n) is 8.06. The molecule has 21 heteroatoms. The molecule has 3 heterocycles. The number of hydrogen-bond donors (Lipinski definition) is 0. The Hall–Kier alpha value is -3.54. The van der Waals surface area contributed by atoms with Crippen LogP contribution in [0.1, 0.15) is 64.2 Å². The van der Waals surface area contributed by atoms with Crippen LogP contribution in [-0.2, 0) is 85.6 Å². The van der Waals surface area contributed by atoms with Gasteiger partial charge in [0.25, 0.3) is 0 Å². The van der Waals surface area contributed by atoms with Gasteiger partial charge in [-0.1, -0.05) is 12.8 Å². The van der Waals surface area contributed by atoms with Gasteiger partial charge in [0.1, 0.15) is 39.6 Å². The van der Waals surface area contributed by atoms with Crippen molar-refractivity contribution < 1.29 is 85.6 Å². The third-order valence-corrected chi connectivity index (χ3v) is 12.2. The fourth-order valence-corrected chi connectivity index (χ4v) is 8.06. The molecule has 2 saturated carbocycles. The van der Waals surface area contributed by atoms with Gasteiger partial charge in [-0.15, -0.1) is 0 Å². The summed E-state index contributed by atoms with van der Waals surface area (Å²) < 4.78 is 61.4. The minimum Gasteiger partial charge on any atom is -0.464 e. The van der Waals surface area contributed by atoms with Gasteiger partial charge < -0.3 is 56.8 Å². The third kappa shape index (κ3) is 25.9. The molecule has 3 aliphatic heterocycles. The predicted molar refractivity (Wildman–Crippen MR) is 243 cm³/mol. The van der Waals surface area contributed by atoms with Crippen molar-refractivity contribution in [3.63, 3.8) is 0 Å². The van der Waals surface area contributed by atoms with E-state index in [1.165, 1.54) is 7.11 Å². The maximum absolute atomic E-state index is 12.4. The first-order valence-corrected chi connectivity index (χ1v) is 24.5. The Kier molecular flexibility index (Phi) is 32.2. The molecule has 0 bridgehead atoms. The number of ether oxygens (including phenoxy) is 12. The van der Waals surface area contributed by atoms with E-state index in [0.717, 1.165) is 98.3 Å². The number of methoxy groups -OCH3 is 3. The molecule has 0 amide bonds. The van der Waals surface area contributed by atoms with Crippen LogP contribution >= 0.6 is 0 Å². The molecule has 5 fully saturated rings. The van der Waals surface area contributed by atoms with Gasteiger partial charge in [-0.05, 0) is 38.5 Å². The van der Waals surface area contributed by atoms with Crippen molar-refractivity contribution in [3.8, 4) is 0 Å². The van der Waals surface area contributed by atoms with Gasteiger partial charge in [0.05, 0.1) is 96.0 Å². The molecule has 0 N–H and O–H groups in total. The maximum Gasteiger partial charge on any atom is 0.309 e. The number of rotatable bonds is 25. The van der Waals surface area contributed by atoms with E-state index in [1.54, 1.807) is 14.2 Å². The zero-order chi connectivity index (χ0) is 49.0. The quantitative estimate of drug-likeness (QED) is 0.0719. The molecule has 2 aliphatic carbocycles. The molecule has 3 saturated heterocycles. The first kappa shape index (κ1) is 58.8. The van der Waals surface area contributed by atoms with Crippen LogP contribution in [0.2, 0.25) is 0 Å². The highest BCUT2D eigenvalue weighted by Crippen LogP contribution is 2.32. The molecule has 0 aromatic rings. The summed E-state index contributed by atoms with van der Waals surface area (Å²) in [7, 11) is 4.66. The molecular formula is C47H81N3O18. The monoisotopic (exact) mass is 976 g/mol. The second-order valence-electron chi connectivity index (χ2n) is 17.0. The van der Waals surface area contributed by atoms with E-state index in [2.05, 4.69) is 14.7 Å². The number of hydrogen-bond acceptors (Lipinski definition) is 21. The minimum absolute atomic E-state index is 0.0418. The first-order valence-electron chi connectivity index (χ1n) is 24.5. The molecule has 5 aliphatic rings. The summed E-state index contributed by atoms with van der Waals surface area (Å²) in [5.41, 5.74) is 0. The smallest absolute Gasteiger partial charge is 0.309 e. The lowest BCUT2D eigenvalue weighted by Gasteiger charge is -2.29. The Labute approximate surface area is 402 Å². The highest BCUT2D eigenvalue weighted by atomic mass is 16.6. The zero-order valence-electron chi connectivity index (χ0n) is 41.0. The van der Waals surface area contributed by atoms with E-state index in [0.29, 0.717) is 97.9 Å². The average molecular weight is 976 g/mol. The topological polar surface area (TPSA) is 223 Å². The Morgan fingerprint density at radius 3 is 1.04 bits per heavy atom. The van der Waals surface area contributed by atoms with E-state index in [4.69, 9.17) is 56.8 Å².